The van der Waals surface area contributed by atoms with Crippen LogP contribution in [-0.2, 0) is 19.1 Å². The second-order valence-corrected chi connectivity index (χ2v) is 17.2. The van der Waals surface area contributed by atoms with Gasteiger partial charge in [0.05, 0.1) is 18.1 Å². The van der Waals surface area contributed by atoms with E-state index in [1.807, 2.05) is 6.92 Å². The van der Waals surface area contributed by atoms with E-state index >= 15 is 0 Å². The maximum atomic E-state index is 12.9. The van der Waals surface area contributed by atoms with Crippen molar-refractivity contribution < 1.29 is 49.7 Å². The number of aliphatic hydroxyl groups excluding tert-OH is 4. The number of carboxylic acids is 2. The van der Waals surface area contributed by atoms with Gasteiger partial charge in [0.15, 0.2) is 12.4 Å². The van der Waals surface area contributed by atoms with Crippen LogP contribution in [0.25, 0.3) is 0 Å². The summed E-state index contributed by atoms with van der Waals surface area (Å²) in [6, 6.07) is 0. The molecular formula is C36H56O10. The lowest BCUT2D eigenvalue weighted by atomic mass is 9.32. The van der Waals surface area contributed by atoms with Crippen LogP contribution in [0, 0.1) is 56.7 Å². The Balaban J connectivity index is 1.29. The number of carboxylic acid groups (broad SMARTS) is 2. The second-order valence-electron chi connectivity index (χ2n) is 17.2. The molecule has 260 valence electrons. The molecule has 0 radical (unpaired) electrons. The monoisotopic (exact) mass is 648 g/mol. The molecule has 16 unspecified atom stereocenters. The number of hydrogen-bond donors (Lipinski definition) is 6. The zero-order valence-electron chi connectivity index (χ0n) is 28.2. The minimum atomic E-state index is -1.80. The predicted molar refractivity (Wildman–Crippen MR) is 167 cm³/mol. The Bertz CT molecular complexity index is 1260. The van der Waals surface area contributed by atoms with Crippen molar-refractivity contribution in [1.82, 2.24) is 0 Å². The minimum Gasteiger partial charge on any atom is -0.481 e. The third-order valence-electron chi connectivity index (χ3n) is 15.7. The van der Waals surface area contributed by atoms with Crippen LogP contribution in [0.2, 0.25) is 0 Å². The molecule has 0 amide bonds. The minimum absolute atomic E-state index is 0.0181. The first-order chi connectivity index (χ1) is 21.4. The Morgan fingerprint density at radius 3 is 2.13 bits per heavy atom. The van der Waals surface area contributed by atoms with E-state index in [1.54, 1.807) is 0 Å². The van der Waals surface area contributed by atoms with E-state index in [-0.39, 0.29) is 40.6 Å². The Morgan fingerprint density at radius 1 is 0.826 bits per heavy atom. The molecule has 10 heteroatoms. The van der Waals surface area contributed by atoms with E-state index in [4.69, 9.17) is 9.47 Å². The standard InChI is InChI=1S/C36H56O10/c1-18(2)19-9-14-36(31(43)44)16-15-34(5)20(24(19)36)7-8-22-32(3)12-11-23(33(4,17-37)21(32)10-13-35(22,34)6)45-30-27(40)25(38)26(39)28(46-30)29(41)42/h19-28,30,37-40H,1,7-17H2,2-6H3,(H,41,42)(H,43,44). The van der Waals surface area contributed by atoms with Gasteiger partial charge >= 0.3 is 11.9 Å². The first kappa shape index (κ1) is 34.3. The van der Waals surface area contributed by atoms with Gasteiger partial charge in [0.2, 0.25) is 0 Å². The Kier molecular flexibility index (Phi) is 8.38. The fourth-order valence-corrected chi connectivity index (χ4v) is 13.1. The number of aliphatic carboxylic acids is 2. The first-order valence-corrected chi connectivity index (χ1v) is 17.5. The van der Waals surface area contributed by atoms with E-state index in [9.17, 15) is 40.2 Å². The van der Waals surface area contributed by atoms with Gasteiger partial charge in [-0.1, -0.05) is 39.8 Å². The quantitative estimate of drug-likeness (QED) is 0.183. The molecule has 0 aromatic heterocycles. The van der Waals surface area contributed by atoms with Crippen molar-refractivity contribution in [3.8, 4) is 0 Å². The Labute approximate surface area is 272 Å². The van der Waals surface area contributed by atoms with Gasteiger partial charge < -0.3 is 40.1 Å². The number of ether oxygens (including phenoxy) is 2. The molecule has 0 spiro atoms. The number of aliphatic hydroxyl groups is 4. The molecule has 1 aliphatic heterocycles. The van der Waals surface area contributed by atoms with E-state index in [2.05, 4.69) is 34.3 Å². The third-order valence-corrected chi connectivity index (χ3v) is 15.7. The molecule has 5 saturated carbocycles. The summed E-state index contributed by atoms with van der Waals surface area (Å²) in [4.78, 5) is 24.7. The average Bonchev–Trinajstić information content (AvgIpc) is 3.40. The number of fused-ring (bicyclic) bond motifs is 7. The molecule has 0 aromatic rings. The molecular weight excluding hydrogens is 592 g/mol. The summed E-state index contributed by atoms with van der Waals surface area (Å²) in [6.07, 6.45) is -0.571. The largest absolute Gasteiger partial charge is 0.481 e. The van der Waals surface area contributed by atoms with Crippen LogP contribution in [0.15, 0.2) is 12.2 Å². The zero-order valence-corrected chi connectivity index (χ0v) is 28.2. The summed E-state index contributed by atoms with van der Waals surface area (Å²) in [5.74, 6) is -1.02. The van der Waals surface area contributed by atoms with Gasteiger partial charge in [0.25, 0.3) is 0 Å². The van der Waals surface area contributed by atoms with Crippen molar-refractivity contribution in [3.63, 3.8) is 0 Å². The van der Waals surface area contributed by atoms with Crippen molar-refractivity contribution in [2.75, 3.05) is 6.61 Å². The molecule has 0 aromatic carbocycles. The molecule has 6 fully saturated rings. The Hall–Kier alpha value is -1.56. The van der Waals surface area contributed by atoms with Crippen LogP contribution in [0.3, 0.4) is 0 Å². The molecule has 5 aliphatic carbocycles. The average molecular weight is 649 g/mol. The maximum Gasteiger partial charge on any atom is 0.335 e. The Morgan fingerprint density at radius 2 is 1.52 bits per heavy atom. The smallest absolute Gasteiger partial charge is 0.335 e. The highest BCUT2D eigenvalue weighted by molar-refractivity contribution is 5.76. The van der Waals surface area contributed by atoms with Crippen LogP contribution in [0.5, 0.6) is 0 Å². The number of carbonyl (C=O) groups is 2. The molecule has 6 rings (SSSR count). The van der Waals surface area contributed by atoms with E-state index in [0.717, 1.165) is 56.9 Å². The summed E-state index contributed by atoms with van der Waals surface area (Å²) in [6.45, 7) is 15.6. The van der Waals surface area contributed by atoms with Crippen LogP contribution in [0.4, 0.5) is 0 Å². The molecule has 16 atom stereocenters. The van der Waals surface area contributed by atoms with Crippen molar-refractivity contribution in [3.05, 3.63) is 12.2 Å². The summed E-state index contributed by atoms with van der Waals surface area (Å²) >= 11 is 0. The number of hydrogen-bond acceptors (Lipinski definition) is 8. The first-order valence-electron chi connectivity index (χ1n) is 17.5. The second kappa shape index (κ2) is 11.2. The van der Waals surface area contributed by atoms with Gasteiger partial charge in [-0.25, -0.2) is 4.79 Å². The van der Waals surface area contributed by atoms with Gasteiger partial charge in [-0.15, -0.1) is 0 Å². The summed E-state index contributed by atoms with van der Waals surface area (Å²) < 4.78 is 11.8. The van der Waals surface area contributed by atoms with E-state index < -0.39 is 59.6 Å². The molecule has 0 bridgehead atoms. The maximum absolute atomic E-state index is 12.9. The lowest BCUT2D eigenvalue weighted by Gasteiger charge is -2.73. The van der Waals surface area contributed by atoms with Crippen LogP contribution < -0.4 is 0 Å². The third kappa shape index (κ3) is 4.42. The normalized spacial score (nSPS) is 54.9. The van der Waals surface area contributed by atoms with Crippen LogP contribution in [0.1, 0.15) is 98.8 Å². The number of rotatable bonds is 6. The predicted octanol–water partition coefficient (Wildman–Crippen LogP) is 3.98. The highest BCUT2D eigenvalue weighted by Crippen LogP contribution is 2.77. The van der Waals surface area contributed by atoms with Gasteiger partial charge in [0.1, 0.15) is 18.3 Å². The highest BCUT2D eigenvalue weighted by atomic mass is 16.7. The topological polar surface area (TPSA) is 174 Å². The molecule has 6 N–H and O–H groups in total. The zero-order chi connectivity index (χ0) is 33.8. The van der Waals surface area contributed by atoms with Gasteiger partial charge in [-0.3, -0.25) is 4.79 Å². The van der Waals surface area contributed by atoms with Gasteiger partial charge in [0, 0.05) is 5.41 Å². The molecule has 46 heavy (non-hydrogen) atoms. The highest BCUT2D eigenvalue weighted by Gasteiger charge is 2.72. The summed E-state index contributed by atoms with van der Waals surface area (Å²) in [7, 11) is 0. The number of allylic oxidation sites excluding steroid dienone is 1. The van der Waals surface area contributed by atoms with Crippen molar-refractivity contribution in [1.29, 1.82) is 0 Å². The molecule has 6 aliphatic rings. The summed E-state index contributed by atoms with van der Waals surface area (Å²) in [5, 5.41) is 62.5. The lowest BCUT2D eigenvalue weighted by Crippen LogP contribution is -2.68. The van der Waals surface area contributed by atoms with Gasteiger partial charge in [-0.2, -0.15) is 0 Å². The lowest BCUT2D eigenvalue weighted by molar-refractivity contribution is -0.329. The molecule has 10 nitrogen and oxygen atoms in total. The summed E-state index contributed by atoms with van der Waals surface area (Å²) in [5.41, 5.74) is -0.461. The molecule has 1 heterocycles. The fraction of sp³-hybridized carbons (Fsp3) is 0.889. The molecule has 1 saturated heterocycles. The van der Waals surface area contributed by atoms with E-state index in [1.165, 1.54) is 0 Å². The van der Waals surface area contributed by atoms with Crippen LogP contribution >= 0.6 is 0 Å². The SMILES string of the molecule is C=C(C)C1CCC2(C(=O)O)CCC3(C)C(CCC4C5(C)CCC(OC6OC(C(=O)O)C(O)C(O)C6O)C(C)(CO)C5CCC43C)C12. The van der Waals surface area contributed by atoms with Crippen molar-refractivity contribution in [2.45, 2.75) is 136 Å². The van der Waals surface area contributed by atoms with Crippen molar-refractivity contribution >= 4 is 11.9 Å². The van der Waals surface area contributed by atoms with Crippen molar-refractivity contribution in [2.24, 2.45) is 56.7 Å². The van der Waals surface area contributed by atoms with E-state index in [0.29, 0.717) is 24.7 Å². The fourth-order valence-electron chi connectivity index (χ4n) is 13.1. The van der Waals surface area contributed by atoms with Gasteiger partial charge in [-0.05, 0) is 117 Å². The van der Waals surface area contributed by atoms with Crippen LogP contribution in [-0.4, -0.2) is 86.0 Å².